The maximum Gasteiger partial charge on any atom is 0.271 e. The molecule has 0 saturated carbocycles. The van der Waals surface area contributed by atoms with Gasteiger partial charge in [-0.2, -0.15) is 5.10 Å². The molecule has 0 aliphatic heterocycles. The Morgan fingerprint density at radius 2 is 1.50 bits per heavy atom. The molecule has 1 amide bonds. The molecule has 7 heteroatoms. The van der Waals surface area contributed by atoms with Gasteiger partial charge in [-0.25, -0.2) is 5.43 Å². The minimum Gasteiger partial charge on any atom is -0.490 e. The second-order valence-electron chi connectivity index (χ2n) is 8.53. The smallest absolute Gasteiger partial charge is 0.271 e. The molecule has 0 fully saturated rings. The molecule has 194 valence electrons. The van der Waals surface area contributed by atoms with E-state index in [1.807, 2.05) is 74.5 Å². The lowest BCUT2D eigenvalue weighted by Gasteiger charge is -2.13. The summed E-state index contributed by atoms with van der Waals surface area (Å²) in [6, 6.07) is 28.3. The average Bonchev–Trinajstić information content (AvgIpc) is 2.93. The molecule has 1 N–H and O–H groups in total. The molecule has 0 heterocycles. The predicted octanol–water partition coefficient (Wildman–Crippen LogP) is 6.97. The van der Waals surface area contributed by atoms with Crippen LogP contribution in [0.2, 0.25) is 5.02 Å². The number of nitrogens with one attached hydrogen (secondary N) is 1. The second kappa shape index (κ2) is 13.3. The Morgan fingerprint density at radius 1 is 0.816 bits per heavy atom. The van der Waals surface area contributed by atoms with Crippen molar-refractivity contribution in [3.63, 3.8) is 0 Å². The molecule has 0 aliphatic carbocycles. The van der Waals surface area contributed by atoms with Gasteiger partial charge in [0, 0.05) is 5.56 Å². The van der Waals surface area contributed by atoms with E-state index in [-0.39, 0.29) is 5.91 Å². The van der Waals surface area contributed by atoms with Crippen molar-refractivity contribution in [2.24, 2.45) is 5.10 Å². The third-order valence-corrected chi connectivity index (χ3v) is 5.89. The van der Waals surface area contributed by atoms with Crippen LogP contribution < -0.4 is 19.6 Å². The van der Waals surface area contributed by atoms with Gasteiger partial charge in [-0.1, -0.05) is 71.8 Å². The number of hydrogen-bond acceptors (Lipinski definition) is 5. The van der Waals surface area contributed by atoms with E-state index in [1.54, 1.807) is 30.3 Å². The maximum absolute atomic E-state index is 12.7. The average molecular weight is 529 g/mol. The Kier molecular flexibility index (Phi) is 9.37. The number of amides is 1. The first-order valence-corrected chi connectivity index (χ1v) is 12.6. The zero-order valence-electron chi connectivity index (χ0n) is 21.3. The van der Waals surface area contributed by atoms with Gasteiger partial charge in [-0.3, -0.25) is 4.79 Å². The molecule has 0 unspecified atom stereocenters. The van der Waals surface area contributed by atoms with Crippen molar-refractivity contribution < 1.29 is 19.0 Å². The largest absolute Gasteiger partial charge is 0.490 e. The number of aryl methyl sites for hydroxylation is 1. The monoisotopic (exact) mass is 528 g/mol. The van der Waals surface area contributed by atoms with Gasteiger partial charge in [0.25, 0.3) is 5.91 Å². The fourth-order valence-corrected chi connectivity index (χ4v) is 3.81. The van der Waals surface area contributed by atoms with Gasteiger partial charge < -0.3 is 14.2 Å². The minimum absolute atomic E-state index is 0.374. The summed E-state index contributed by atoms with van der Waals surface area (Å²) in [7, 11) is 0. The molecule has 0 atom stereocenters. The highest BCUT2D eigenvalue weighted by Gasteiger charge is 2.12. The Labute approximate surface area is 227 Å². The first-order valence-electron chi connectivity index (χ1n) is 12.3. The van der Waals surface area contributed by atoms with Gasteiger partial charge >= 0.3 is 0 Å². The summed E-state index contributed by atoms with van der Waals surface area (Å²) in [4.78, 5) is 12.7. The van der Waals surface area contributed by atoms with Crippen molar-refractivity contribution in [2.75, 3.05) is 6.61 Å². The van der Waals surface area contributed by atoms with E-state index in [0.717, 1.165) is 16.7 Å². The van der Waals surface area contributed by atoms with Crippen LogP contribution in [0.3, 0.4) is 0 Å². The van der Waals surface area contributed by atoms with E-state index in [4.69, 9.17) is 25.8 Å². The molecule has 0 bridgehead atoms. The number of hydrogen-bond donors (Lipinski definition) is 1. The standard InChI is InChI=1S/C31H29ClN2O4/c1-3-36-30-18-26(14-16-29(30)38-20-23-7-5-4-6-8-23)31(35)34-33-19-25-13-15-28(27(32)17-25)37-21-24-11-9-22(2)10-12-24/h4-19H,3,20-21H2,1-2H3,(H,34,35)/b33-19+. The van der Waals surface area contributed by atoms with Crippen LogP contribution in [0.4, 0.5) is 0 Å². The first kappa shape index (κ1) is 26.8. The van der Waals surface area contributed by atoms with Gasteiger partial charge in [0.2, 0.25) is 0 Å². The molecule has 0 saturated heterocycles. The van der Waals surface area contributed by atoms with Crippen LogP contribution >= 0.6 is 11.6 Å². The fourth-order valence-electron chi connectivity index (χ4n) is 3.56. The highest BCUT2D eigenvalue weighted by Crippen LogP contribution is 2.29. The number of rotatable bonds is 11. The number of benzene rings is 4. The van der Waals surface area contributed by atoms with E-state index >= 15 is 0 Å². The molecule has 0 aromatic heterocycles. The van der Waals surface area contributed by atoms with E-state index in [2.05, 4.69) is 10.5 Å². The summed E-state index contributed by atoms with van der Waals surface area (Å²) >= 11 is 6.39. The van der Waals surface area contributed by atoms with E-state index in [1.165, 1.54) is 11.8 Å². The highest BCUT2D eigenvalue weighted by atomic mass is 35.5. The summed E-state index contributed by atoms with van der Waals surface area (Å²) in [6.45, 7) is 5.18. The van der Waals surface area contributed by atoms with Gasteiger partial charge in [0.05, 0.1) is 17.8 Å². The summed E-state index contributed by atoms with van der Waals surface area (Å²) in [5, 5.41) is 4.53. The molecule has 38 heavy (non-hydrogen) atoms. The van der Waals surface area contributed by atoms with Crippen LogP contribution in [0.15, 0.2) is 96.1 Å². The lowest BCUT2D eigenvalue weighted by atomic mass is 10.2. The van der Waals surface area contributed by atoms with E-state index < -0.39 is 0 Å². The van der Waals surface area contributed by atoms with Crippen LogP contribution in [0.1, 0.15) is 39.5 Å². The summed E-state index contributed by atoms with van der Waals surface area (Å²) in [6.07, 6.45) is 1.52. The normalized spacial score (nSPS) is 10.8. The summed E-state index contributed by atoms with van der Waals surface area (Å²) < 4.78 is 17.4. The summed E-state index contributed by atoms with van der Waals surface area (Å²) in [5.74, 6) is 1.26. The highest BCUT2D eigenvalue weighted by molar-refractivity contribution is 6.32. The number of ether oxygens (including phenoxy) is 3. The van der Waals surface area contributed by atoms with Crippen LogP contribution in [-0.2, 0) is 13.2 Å². The van der Waals surface area contributed by atoms with Crippen molar-refractivity contribution in [3.05, 3.63) is 124 Å². The van der Waals surface area contributed by atoms with Crippen LogP contribution in [0.5, 0.6) is 17.2 Å². The molecule has 4 rings (SSSR count). The molecule has 4 aromatic carbocycles. The fraction of sp³-hybridized carbons (Fsp3) is 0.161. The third kappa shape index (κ3) is 7.60. The Morgan fingerprint density at radius 3 is 2.21 bits per heavy atom. The van der Waals surface area contributed by atoms with E-state index in [9.17, 15) is 4.79 Å². The van der Waals surface area contributed by atoms with Gasteiger partial charge in [-0.15, -0.1) is 0 Å². The number of halogens is 1. The van der Waals surface area contributed by atoms with Crippen molar-refractivity contribution in [1.29, 1.82) is 0 Å². The Balaban J connectivity index is 1.34. The number of nitrogens with zero attached hydrogens (tertiary/aromatic N) is 1. The third-order valence-electron chi connectivity index (χ3n) is 5.59. The van der Waals surface area contributed by atoms with Gasteiger partial charge in [0.15, 0.2) is 11.5 Å². The van der Waals surface area contributed by atoms with Crippen LogP contribution in [0.25, 0.3) is 0 Å². The Bertz CT molecular complexity index is 1390. The van der Waals surface area contributed by atoms with Crippen molar-refractivity contribution in [2.45, 2.75) is 27.1 Å². The molecule has 0 spiro atoms. The molecular formula is C31H29ClN2O4. The number of carbonyl (C=O) groups excluding carboxylic acids is 1. The second-order valence-corrected chi connectivity index (χ2v) is 8.94. The Hall–Kier alpha value is -4.29. The summed E-state index contributed by atoms with van der Waals surface area (Å²) in [5.41, 5.74) is 6.95. The number of hydrazone groups is 1. The minimum atomic E-state index is -0.374. The molecule has 6 nitrogen and oxygen atoms in total. The quantitative estimate of drug-likeness (QED) is 0.168. The van der Waals surface area contributed by atoms with Crippen LogP contribution in [0, 0.1) is 6.92 Å². The zero-order chi connectivity index (χ0) is 26.7. The first-order chi connectivity index (χ1) is 18.5. The zero-order valence-corrected chi connectivity index (χ0v) is 22.1. The van der Waals surface area contributed by atoms with Gasteiger partial charge in [0.1, 0.15) is 19.0 Å². The molecule has 4 aromatic rings. The number of carbonyl (C=O) groups is 1. The molecular weight excluding hydrogens is 500 g/mol. The lowest BCUT2D eigenvalue weighted by molar-refractivity contribution is 0.0954. The van der Waals surface area contributed by atoms with E-state index in [0.29, 0.717) is 47.7 Å². The van der Waals surface area contributed by atoms with Crippen molar-refractivity contribution in [3.8, 4) is 17.2 Å². The lowest BCUT2D eigenvalue weighted by Crippen LogP contribution is -2.17. The molecule has 0 aliphatic rings. The van der Waals surface area contributed by atoms with Crippen LogP contribution in [-0.4, -0.2) is 18.7 Å². The maximum atomic E-state index is 12.7. The van der Waals surface area contributed by atoms with Crippen molar-refractivity contribution >= 4 is 23.7 Å². The van der Waals surface area contributed by atoms with Crippen molar-refractivity contribution in [1.82, 2.24) is 5.43 Å². The van der Waals surface area contributed by atoms with Gasteiger partial charge in [-0.05, 0) is 66.9 Å². The topological polar surface area (TPSA) is 69.2 Å². The predicted molar refractivity (Wildman–Crippen MR) is 150 cm³/mol. The molecule has 0 radical (unpaired) electrons. The SMILES string of the molecule is CCOc1cc(C(=O)N/N=C/c2ccc(OCc3ccc(C)cc3)c(Cl)c2)ccc1OCc1ccccc1.